The first kappa shape index (κ1) is 63.0. The third-order valence-electron chi connectivity index (χ3n) is 24.7. The second kappa shape index (κ2) is 23.5. The summed E-state index contributed by atoms with van der Waals surface area (Å²) in [7, 11) is 0. The molecule has 0 saturated heterocycles. The van der Waals surface area contributed by atoms with Crippen molar-refractivity contribution in [2.45, 2.75) is 0 Å². The molecule has 0 bridgehead atoms. The number of thiophene rings is 3. The molecule has 0 aliphatic rings. The van der Waals surface area contributed by atoms with Gasteiger partial charge in [-0.1, -0.05) is 255 Å². The molecular formula is C105H56N8S3. The molecule has 11 heteroatoms. The first-order valence-corrected chi connectivity index (χ1v) is 41.7. The van der Waals surface area contributed by atoms with Crippen LogP contribution in [0.2, 0.25) is 0 Å². The summed E-state index contributed by atoms with van der Waals surface area (Å²) in [5.74, 6) is 0. The molecule has 0 aliphatic carbocycles. The van der Waals surface area contributed by atoms with Crippen molar-refractivity contribution in [3.63, 3.8) is 0 Å². The summed E-state index contributed by atoms with van der Waals surface area (Å²) in [5.41, 5.74) is 24.4. The highest BCUT2D eigenvalue weighted by atomic mass is 32.1. The molecule has 116 heavy (non-hydrogen) atoms. The third-order valence-corrected chi connectivity index (χ3v) is 28.3. The number of benzene rings is 17. The molecular weight excluding hydrogens is 1470 g/mol. The number of pyridine rings is 1. The summed E-state index contributed by atoms with van der Waals surface area (Å²) in [5, 5.41) is 26.5. The molecule has 0 saturated carbocycles. The molecule has 0 radical (unpaired) electrons. The monoisotopic (exact) mass is 1520 g/mol. The number of para-hydroxylation sites is 7. The minimum atomic E-state index is 0.919. The second-order valence-corrected chi connectivity index (χ2v) is 34.0. The maximum Gasteiger partial charge on any atom is 0.165 e. The third kappa shape index (κ3) is 8.77. The van der Waals surface area contributed by atoms with Gasteiger partial charge in [-0.2, -0.15) is 0 Å². The van der Waals surface area contributed by atoms with E-state index < -0.39 is 0 Å². The summed E-state index contributed by atoms with van der Waals surface area (Å²) in [6.45, 7) is 0. The lowest BCUT2D eigenvalue weighted by Gasteiger charge is -2.07. The van der Waals surface area contributed by atoms with Crippen molar-refractivity contribution in [1.29, 1.82) is 0 Å². The Balaban J connectivity index is 0.0000000933. The van der Waals surface area contributed by atoms with E-state index in [1.54, 1.807) is 0 Å². The van der Waals surface area contributed by atoms with E-state index in [4.69, 9.17) is 24.9 Å². The standard InChI is InChI=1S/C37H20N2S.C36H19N3S.C32H17N3S/c1-3-10-24-21(7-1)9-5-11-25(24)22-15-18-33-30(19-22)29-17-16-28-26-12-6-13-27-31-20-23-8-2-4-14-32(23)38-37(31)39(34(26)27)35(28)36(29)40-33;1-2-8-21-17-22(14-13-20(21)7-1)23-18-27-25-15-16-26-24-9-3-6-12-31(24)40-35(26)34(25)39-33(27)28(19-23)32-36(39)38-30-11-5-4-10-29(30)37-32;1-2-7-18(8-3-1)19-13-16-27-24(17-19)22-15-14-21-20-9-6-10-23-28-32(34-26-12-5-4-11-25(26)33-28)35(29(20)23)30(21)31(22)36-27/h1-20H;1-19H;1-17H. The maximum absolute atomic E-state index is 5.23. The topological polar surface area (TPSA) is 77.7 Å². The Morgan fingerprint density at radius 1 is 0.181 bits per heavy atom. The van der Waals surface area contributed by atoms with Crippen molar-refractivity contribution in [3.8, 4) is 33.4 Å². The molecule has 0 amide bonds. The SMILES string of the molecule is c1ccc(-c2ccc3sc4c(ccc5c6cccc7c8nc9ccccc9nc8n(c67)c54)c3c2)cc1.c1ccc2cc(-c3cc4c5ccc6c7ccccc7sc6c5n5c6nc7ccccc7nc6c(c3)c45)ccc2c1.c1ccc2nc3c(cc2c1)c1cccc2c4ccc5c6cc(-c7cccc8ccccc78)ccc6sc5c4n3c12. The van der Waals surface area contributed by atoms with Crippen LogP contribution in [-0.2, 0) is 0 Å². The van der Waals surface area contributed by atoms with Crippen molar-refractivity contribution >= 4 is 264 Å². The second-order valence-electron chi connectivity index (χ2n) is 30.8. The molecule has 534 valence electrons. The fourth-order valence-corrected chi connectivity index (χ4v) is 23.2. The Morgan fingerprint density at radius 3 is 1.26 bits per heavy atom. The molecule has 0 fully saturated rings. The highest BCUT2D eigenvalue weighted by Crippen LogP contribution is 2.51. The predicted octanol–water partition coefficient (Wildman–Crippen LogP) is 29.4. The molecule has 0 spiro atoms. The van der Waals surface area contributed by atoms with E-state index in [0.29, 0.717) is 0 Å². The summed E-state index contributed by atoms with van der Waals surface area (Å²) in [6.07, 6.45) is 0. The average molecular weight is 1530 g/mol. The van der Waals surface area contributed by atoms with Gasteiger partial charge in [-0.25, -0.2) is 24.9 Å². The van der Waals surface area contributed by atoms with Gasteiger partial charge in [0.1, 0.15) is 16.7 Å². The van der Waals surface area contributed by atoms with Gasteiger partial charge >= 0.3 is 0 Å². The van der Waals surface area contributed by atoms with Gasteiger partial charge in [-0.15, -0.1) is 34.0 Å². The number of aromatic nitrogens is 8. The Morgan fingerprint density at radius 2 is 0.586 bits per heavy atom. The molecule has 29 aromatic rings. The van der Waals surface area contributed by atoms with Gasteiger partial charge in [-0.3, -0.25) is 13.2 Å². The van der Waals surface area contributed by atoms with E-state index in [1.807, 2.05) is 64.3 Å². The van der Waals surface area contributed by atoms with Gasteiger partial charge in [0.25, 0.3) is 0 Å². The van der Waals surface area contributed by atoms with Crippen LogP contribution in [0.3, 0.4) is 0 Å². The lowest BCUT2D eigenvalue weighted by atomic mass is 9.97. The number of rotatable bonds is 3. The lowest BCUT2D eigenvalue weighted by molar-refractivity contribution is 1.28. The summed E-state index contributed by atoms with van der Waals surface area (Å²) in [6, 6.07) is 123. The first-order valence-electron chi connectivity index (χ1n) is 39.3. The first-order chi connectivity index (χ1) is 57.5. The Kier molecular flexibility index (Phi) is 12.8. The zero-order valence-corrected chi connectivity index (χ0v) is 64.1. The Labute approximate surface area is 670 Å². The van der Waals surface area contributed by atoms with Crippen LogP contribution in [0, 0.1) is 0 Å². The molecule has 8 nitrogen and oxygen atoms in total. The van der Waals surface area contributed by atoms with Crippen LogP contribution in [0.4, 0.5) is 0 Å². The fraction of sp³-hybridized carbons (Fsp3) is 0. The van der Waals surface area contributed by atoms with Gasteiger partial charge < -0.3 is 0 Å². The normalized spacial score (nSPS) is 12.5. The molecule has 0 atom stereocenters. The van der Waals surface area contributed by atoms with E-state index in [9.17, 15) is 0 Å². The van der Waals surface area contributed by atoms with Crippen molar-refractivity contribution in [3.05, 3.63) is 340 Å². The molecule has 0 unspecified atom stereocenters. The minimum Gasteiger partial charge on any atom is -0.291 e. The van der Waals surface area contributed by atoms with E-state index in [2.05, 4.69) is 323 Å². The Bertz CT molecular complexity index is 9320. The van der Waals surface area contributed by atoms with Crippen molar-refractivity contribution in [2.75, 3.05) is 0 Å². The molecule has 12 aromatic heterocycles. The van der Waals surface area contributed by atoms with Crippen LogP contribution in [0.1, 0.15) is 0 Å². The van der Waals surface area contributed by atoms with Crippen LogP contribution < -0.4 is 0 Å². The lowest BCUT2D eigenvalue weighted by Crippen LogP contribution is -1.89. The number of nitrogens with zero attached hydrogens (tertiary/aromatic N) is 8. The van der Waals surface area contributed by atoms with E-state index in [1.165, 1.54) is 197 Å². The van der Waals surface area contributed by atoms with Gasteiger partial charge in [0.2, 0.25) is 0 Å². The van der Waals surface area contributed by atoms with Crippen molar-refractivity contribution in [2.24, 2.45) is 0 Å². The quantitative estimate of drug-likeness (QED) is 0.176. The molecule has 12 heterocycles. The van der Waals surface area contributed by atoms with E-state index in [-0.39, 0.29) is 0 Å². The molecule has 0 N–H and O–H groups in total. The fourth-order valence-electron chi connectivity index (χ4n) is 19.5. The van der Waals surface area contributed by atoms with Gasteiger partial charge in [0.15, 0.2) is 11.3 Å². The maximum atomic E-state index is 5.23. The predicted molar refractivity (Wildman–Crippen MR) is 495 cm³/mol. The summed E-state index contributed by atoms with van der Waals surface area (Å²) < 4.78 is 15.0. The van der Waals surface area contributed by atoms with Crippen LogP contribution >= 0.6 is 34.0 Å². The van der Waals surface area contributed by atoms with Crippen LogP contribution in [0.25, 0.3) is 263 Å². The zero-order chi connectivity index (χ0) is 75.3. The molecule has 29 rings (SSSR count). The van der Waals surface area contributed by atoms with Crippen LogP contribution in [-0.4, -0.2) is 38.1 Å². The van der Waals surface area contributed by atoms with Crippen LogP contribution in [0.15, 0.2) is 340 Å². The average Bonchev–Trinajstić information content (AvgIpc) is 1.54. The zero-order valence-electron chi connectivity index (χ0n) is 61.6. The van der Waals surface area contributed by atoms with Gasteiger partial charge in [-0.05, 0) is 140 Å². The minimum absolute atomic E-state index is 0.919. The van der Waals surface area contributed by atoms with Crippen molar-refractivity contribution in [1.82, 2.24) is 38.1 Å². The molecule has 17 aromatic carbocycles. The van der Waals surface area contributed by atoms with E-state index in [0.717, 1.165) is 66.3 Å². The van der Waals surface area contributed by atoms with Crippen molar-refractivity contribution < 1.29 is 0 Å². The largest absolute Gasteiger partial charge is 0.291 e. The number of hydrogen-bond acceptors (Lipinski definition) is 8. The molecule has 0 aliphatic heterocycles. The number of hydrogen-bond donors (Lipinski definition) is 0. The highest BCUT2D eigenvalue weighted by Gasteiger charge is 2.28. The summed E-state index contributed by atoms with van der Waals surface area (Å²) >= 11 is 5.64. The van der Waals surface area contributed by atoms with Gasteiger partial charge in [0.05, 0.1) is 74.8 Å². The van der Waals surface area contributed by atoms with E-state index >= 15 is 0 Å². The highest BCUT2D eigenvalue weighted by molar-refractivity contribution is 7.27. The Hall–Kier alpha value is -14.6. The van der Waals surface area contributed by atoms with Gasteiger partial charge in [0, 0.05) is 106 Å². The smallest absolute Gasteiger partial charge is 0.165 e. The van der Waals surface area contributed by atoms with Crippen LogP contribution in [0.5, 0.6) is 0 Å². The summed E-state index contributed by atoms with van der Waals surface area (Å²) in [4.78, 5) is 25.9. The number of fused-ring (bicyclic) bond motifs is 35.